The molecule has 0 spiro atoms. The first-order chi connectivity index (χ1) is 12.7. The number of rotatable bonds is 8. The van der Waals surface area contributed by atoms with Gasteiger partial charge >= 0.3 is 0 Å². The Morgan fingerprint density at radius 1 is 1.42 bits per heavy atom. The lowest BCUT2D eigenvalue weighted by Gasteiger charge is -2.13. The molecule has 0 aliphatic carbocycles. The van der Waals surface area contributed by atoms with Gasteiger partial charge in [-0.25, -0.2) is 4.39 Å². The second-order valence-corrected chi connectivity index (χ2v) is 7.07. The third kappa shape index (κ3) is 4.62. The number of halogens is 1. The molecule has 0 bridgehead atoms. The van der Waals surface area contributed by atoms with Crippen LogP contribution in [0.3, 0.4) is 0 Å². The Labute approximate surface area is 156 Å². The van der Waals surface area contributed by atoms with Crippen LogP contribution in [-0.4, -0.2) is 45.7 Å². The number of hydrogen-bond donors (Lipinski definition) is 1. The van der Waals surface area contributed by atoms with Crippen LogP contribution in [-0.2, 0) is 16.0 Å². The predicted molar refractivity (Wildman–Crippen MR) is 98.0 cm³/mol. The van der Waals surface area contributed by atoms with Crippen LogP contribution in [0.4, 0.5) is 4.39 Å². The zero-order chi connectivity index (χ0) is 18.4. The Kier molecular flexibility index (Phi) is 6.62. The fourth-order valence-corrected chi connectivity index (χ4v) is 3.84. The number of ether oxygens (including phenoxy) is 1. The zero-order valence-electron chi connectivity index (χ0n) is 14.8. The first-order valence-electron chi connectivity index (χ1n) is 8.89. The van der Waals surface area contributed by atoms with E-state index in [1.54, 1.807) is 29.7 Å². The van der Waals surface area contributed by atoms with Crippen molar-refractivity contribution >= 4 is 17.7 Å². The summed E-state index contributed by atoms with van der Waals surface area (Å²) in [6.07, 6.45) is 3.23. The molecular formula is C18H23FN4O2S. The molecule has 1 aromatic heterocycles. The minimum absolute atomic E-state index is 0.0186. The number of nitrogens with zero attached hydrogens (tertiary/aromatic N) is 3. The fraction of sp³-hybridized carbons (Fsp3) is 0.500. The minimum Gasteiger partial charge on any atom is -0.377 e. The standard InChI is InChI=1S/C18H23FN4O2S/c1-2-17(24)20-10-9-16-21-22-18(26-12-13-6-5-11-25-13)23(16)15-8-4-3-7-14(15)19/h3-4,7-8,13H,2,5-6,9-12H2,1H3,(H,20,24)/t13-/m1/s1. The molecule has 2 aromatic rings. The molecule has 1 saturated heterocycles. The molecule has 1 aliphatic rings. The number of carbonyl (C=O) groups excluding carboxylic acids is 1. The van der Waals surface area contributed by atoms with E-state index in [0.29, 0.717) is 36.1 Å². The van der Waals surface area contributed by atoms with Crippen LogP contribution >= 0.6 is 11.8 Å². The highest BCUT2D eigenvalue weighted by Gasteiger charge is 2.21. The molecule has 0 unspecified atom stereocenters. The van der Waals surface area contributed by atoms with Crippen molar-refractivity contribution in [1.82, 2.24) is 20.1 Å². The van der Waals surface area contributed by atoms with Crippen LogP contribution in [0.5, 0.6) is 0 Å². The molecule has 8 heteroatoms. The first-order valence-corrected chi connectivity index (χ1v) is 9.88. The lowest BCUT2D eigenvalue weighted by Crippen LogP contribution is -2.25. The number of amides is 1. The predicted octanol–water partition coefficient (Wildman–Crippen LogP) is 2.75. The van der Waals surface area contributed by atoms with Gasteiger partial charge in [0.05, 0.1) is 11.8 Å². The Balaban J connectivity index is 1.79. The van der Waals surface area contributed by atoms with Crippen molar-refractivity contribution in [2.75, 3.05) is 18.9 Å². The van der Waals surface area contributed by atoms with Crippen LogP contribution < -0.4 is 5.32 Å². The van der Waals surface area contributed by atoms with Gasteiger partial charge in [-0.3, -0.25) is 9.36 Å². The van der Waals surface area contributed by atoms with Gasteiger partial charge in [0, 0.05) is 31.7 Å². The van der Waals surface area contributed by atoms with Crippen LogP contribution in [0.2, 0.25) is 0 Å². The number of benzene rings is 1. The SMILES string of the molecule is CCC(=O)NCCc1nnc(SC[C@H]2CCCO2)n1-c1ccccc1F. The summed E-state index contributed by atoms with van der Waals surface area (Å²) in [5, 5.41) is 11.9. The van der Waals surface area contributed by atoms with Crippen LogP contribution in [0, 0.1) is 5.82 Å². The number of aromatic nitrogens is 3. The maximum absolute atomic E-state index is 14.4. The second kappa shape index (κ2) is 9.14. The molecule has 1 aromatic carbocycles. The van der Waals surface area contributed by atoms with Crippen LogP contribution in [0.15, 0.2) is 29.4 Å². The van der Waals surface area contributed by atoms with Crippen molar-refractivity contribution in [2.45, 2.75) is 43.9 Å². The van der Waals surface area contributed by atoms with E-state index in [0.717, 1.165) is 25.2 Å². The Hall–Kier alpha value is -1.93. The van der Waals surface area contributed by atoms with E-state index < -0.39 is 0 Å². The molecule has 6 nitrogen and oxygen atoms in total. The molecule has 2 heterocycles. The Morgan fingerprint density at radius 3 is 3.00 bits per heavy atom. The van der Waals surface area contributed by atoms with Gasteiger partial charge in [-0.05, 0) is 25.0 Å². The second-order valence-electron chi connectivity index (χ2n) is 6.09. The van der Waals surface area contributed by atoms with E-state index in [9.17, 15) is 9.18 Å². The summed E-state index contributed by atoms with van der Waals surface area (Å²) in [7, 11) is 0. The molecule has 140 valence electrons. The van der Waals surface area contributed by atoms with Crippen molar-refractivity contribution in [3.63, 3.8) is 0 Å². The highest BCUT2D eigenvalue weighted by Crippen LogP contribution is 2.27. The van der Waals surface area contributed by atoms with Crippen molar-refractivity contribution in [2.24, 2.45) is 0 Å². The Morgan fingerprint density at radius 2 is 2.27 bits per heavy atom. The number of nitrogens with one attached hydrogen (secondary N) is 1. The van der Waals surface area contributed by atoms with Gasteiger partial charge in [-0.15, -0.1) is 10.2 Å². The highest BCUT2D eigenvalue weighted by molar-refractivity contribution is 7.99. The van der Waals surface area contributed by atoms with E-state index in [1.165, 1.54) is 17.8 Å². The summed E-state index contributed by atoms with van der Waals surface area (Å²) in [6, 6.07) is 6.58. The van der Waals surface area contributed by atoms with Gasteiger partial charge in [0.15, 0.2) is 5.16 Å². The molecule has 1 N–H and O–H groups in total. The van der Waals surface area contributed by atoms with Gasteiger partial charge in [0.25, 0.3) is 0 Å². The molecule has 0 radical (unpaired) electrons. The fourth-order valence-electron chi connectivity index (χ4n) is 2.81. The smallest absolute Gasteiger partial charge is 0.219 e. The van der Waals surface area contributed by atoms with E-state index in [2.05, 4.69) is 15.5 Å². The van der Waals surface area contributed by atoms with Crippen LogP contribution in [0.1, 0.15) is 32.0 Å². The molecule has 26 heavy (non-hydrogen) atoms. The van der Waals surface area contributed by atoms with Gasteiger partial charge < -0.3 is 10.1 Å². The maximum atomic E-state index is 14.4. The summed E-state index contributed by atoms with van der Waals surface area (Å²) in [5.74, 6) is 1.04. The summed E-state index contributed by atoms with van der Waals surface area (Å²) >= 11 is 1.52. The van der Waals surface area contributed by atoms with Gasteiger partial charge in [-0.2, -0.15) is 0 Å². The quantitative estimate of drug-likeness (QED) is 0.716. The van der Waals surface area contributed by atoms with Gasteiger partial charge in [0.2, 0.25) is 5.91 Å². The van der Waals surface area contributed by atoms with E-state index in [4.69, 9.17) is 4.74 Å². The third-order valence-electron chi connectivity index (χ3n) is 4.21. The van der Waals surface area contributed by atoms with Crippen molar-refractivity contribution in [3.8, 4) is 5.69 Å². The molecule has 1 atom stereocenters. The number of thioether (sulfide) groups is 1. The lowest BCUT2D eigenvalue weighted by atomic mass is 10.3. The number of para-hydroxylation sites is 1. The van der Waals surface area contributed by atoms with Crippen LogP contribution in [0.25, 0.3) is 5.69 Å². The average molecular weight is 378 g/mol. The van der Waals surface area contributed by atoms with E-state index >= 15 is 0 Å². The lowest BCUT2D eigenvalue weighted by molar-refractivity contribution is -0.120. The number of carbonyl (C=O) groups is 1. The molecule has 1 aliphatic heterocycles. The topological polar surface area (TPSA) is 69.0 Å². The van der Waals surface area contributed by atoms with E-state index in [1.807, 2.05) is 0 Å². The minimum atomic E-state index is -0.329. The Bertz CT molecular complexity index is 747. The highest BCUT2D eigenvalue weighted by atomic mass is 32.2. The van der Waals surface area contributed by atoms with Gasteiger partial charge in [0.1, 0.15) is 11.6 Å². The van der Waals surface area contributed by atoms with Crippen molar-refractivity contribution in [3.05, 3.63) is 35.9 Å². The normalized spacial score (nSPS) is 16.8. The first kappa shape index (κ1) is 18.8. The maximum Gasteiger partial charge on any atom is 0.219 e. The van der Waals surface area contributed by atoms with Crippen molar-refractivity contribution in [1.29, 1.82) is 0 Å². The monoisotopic (exact) mass is 378 g/mol. The van der Waals surface area contributed by atoms with Crippen molar-refractivity contribution < 1.29 is 13.9 Å². The summed E-state index contributed by atoms with van der Waals surface area (Å²) in [5.41, 5.74) is 0.421. The molecule has 1 fully saturated rings. The molecule has 0 saturated carbocycles. The molecule has 1 amide bonds. The largest absolute Gasteiger partial charge is 0.377 e. The zero-order valence-corrected chi connectivity index (χ0v) is 15.6. The average Bonchev–Trinajstić information content (AvgIpc) is 3.30. The summed E-state index contributed by atoms with van der Waals surface area (Å²) in [6.45, 7) is 3.04. The number of hydrogen-bond acceptors (Lipinski definition) is 5. The summed E-state index contributed by atoms with van der Waals surface area (Å²) < 4.78 is 21.8. The van der Waals surface area contributed by atoms with E-state index in [-0.39, 0.29) is 17.8 Å². The molecule has 3 rings (SSSR count). The van der Waals surface area contributed by atoms with Gasteiger partial charge in [-0.1, -0.05) is 30.8 Å². The third-order valence-corrected chi connectivity index (χ3v) is 5.27. The summed E-state index contributed by atoms with van der Waals surface area (Å²) in [4.78, 5) is 11.4. The molecular weight excluding hydrogens is 355 g/mol.